The van der Waals surface area contributed by atoms with Crippen LogP contribution < -0.4 is 11.3 Å². The summed E-state index contributed by atoms with van der Waals surface area (Å²) in [4.78, 5) is 21.7. The molecule has 2 aromatic carbocycles. The second kappa shape index (κ2) is 7.31. The van der Waals surface area contributed by atoms with Gasteiger partial charge in [0.05, 0.1) is 11.3 Å². The van der Waals surface area contributed by atoms with Crippen molar-refractivity contribution < 1.29 is 0 Å². The number of hydrogen-bond donors (Lipinski definition) is 1. The van der Waals surface area contributed by atoms with Crippen LogP contribution in [0.15, 0.2) is 69.5 Å². The summed E-state index contributed by atoms with van der Waals surface area (Å²) in [5.41, 5.74) is 10.3. The first-order valence-corrected chi connectivity index (χ1v) is 10.7. The zero-order valence-electron chi connectivity index (χ0n) is 15.1. The Labute approximate surface area is 174 Å². The molecule has 4 aromatic rings. The number of para-hydroxylation sites is 1. The maximum absolute atomic E-state index is 12.6. The van der Waals surface area contributed by atoms with Crippen molar-refractivity contribution in [2.45, 2.75) is 10.9 Å². The molecule has 0 atom stereocenters. The van der Waals surface area contributed by atoms with Gasteiger partial charge in [-0.25, -0.2) is 4.40 Å². The van der Waals surface area contributed by atoms with Crippen molar-refractivity contribution in [1.29, 1.82) is 0 Å². The fraction of sp³-hybridized carbons (Fsp3) is 0.0476. The number of allylic oxidation sites excluding steroid dienone is 1. The van der Waals surface area contributed by atoms with Crippen LogP contribution in [0, 0.1) is 0 Å². The van der Waals surface area contributed by atoms with Crippen molar-refractivity contribution in [2.75, 3.05) is 5.73 Å². The molecule has 142 valence electrons. The topological polar surface area (TPSA) is 85.6 Å². The highest BCUT2D eigenvalue weighted by Gasteiger charge is 2.18. The quantitative estimate of drug-likeness (QED) is 0.501. The van der Waals surface area contributed by atoms with Crippen molar-refractivity contribution in [3.8, 4) is 0 Å². The molecule has 5 rings (SSSR count). The van der Waals surface area contributed by atoms with Crippen molar-refractivity contribution in [2.24, 2.45) is 4.99 Å². The standard InChI is InChI=1S/C21H15N5OS2/c22-18-16(10-14-11-23-17-9-5-4-8-15(14)17)19(27)24-20-26(18)21(25-29-20)28-12-13-6-2-1-3-7-13/h1-11H,12,22H2/b14-10+. The molecule has 0 fully saturated rings. The van der Waals surface area contributed by atoms with Crippen LogP contribution >= 0.6 is 23.3 Å². The van der Waals surface area contributed by atoms with Gasteiger partial charge in [-0.15, -0.1) is 0 Å². The number of nitrogen functional groups attached to an aromatic ring is 1. The highest BCUT2D eigenvalue weighted by Crippen LogP contribution is 2.33. The van der Waals surface area contributed by atoms with E-state index < -0.39 is 0 Å². The van der Waals surface area contributed by atoms with Gasteiger partial charge in [-0.1, -0.05) is 60.3 Å². The molecular weight excluding hydrogens is 402 g/mol. The third-order valence-electron chi connectivity index (χ3n) is 4.60. The van der Waals surface area contributed by atoms with Crippen LogP contribution in [0.3, 0.4) is 0 Å². The number of aromatic nitrogens is 3. The van der Waals surface area contributed by atoms with E-state index in [-0.39, 0.29) is 5.56 Å². The zero-order valence-corrected chi connectivity index (χ0v) is 16.8. The van der Waals surface area contributed by atoms with E-state index >= 15 is 0 Å². The number of benzene rings is 2. The molecule has 6 nitrogen and oxygen atoms in total. The summed E-state index contributed by atoms with van der Waals surface area (Å²) in [6.07, 6.45) is 3.51. The average Bonchev–Trinajstić information content (AvgIpc) is 3.34. The molecule has 0 saturated carbocycles. The third-order valence-corrected chi connectivity index (χ3v) is 6.43. The second-order valence-electron chi connectivity index (χ2n) is 6.45. The highest BCUT2D eigenvalue weighted by molar-refractivity contribution is 7.98. The number of hydrogen-bond acceptors (Lipinski definition) is 7. The van der Waals surface area contributed by atoms with Crippen LogP contribution in [-0.2, 0) is 5.75 Å². The lowest BCUT2D eigenvalue weighted by atomic mass is 10.1. The number of nitrogens with two attached hydrogens (primary N) is 1. The van der Waals surface area contributed by atoms with E-state index in [4.69, 9.17) is 5.73 Å². The molecule has 3 heterocycles. The van der Waals surface area contributed by atoms with E-state index in [1.807, 2.05) is 42.5 Å². The minimum atomic E-state index is -0.365. The number of nitrogens with zero attached hydrogens (tertiary/aromatic N) is 4. The summed E-state index contributed by atoms with van der Waals surface area (Å²) in [7, 11) is 0. The van der Waals surface area contributed by atoms with E-state index in [0.29, 0.717) is 16.3 Å². The van der Waals surface area contributed by atoms with Crippen LogP contribution in [0.1, 0.15) is 16.7 Å². The molecule has 8 heteroatoms. The van der Waals surface area contributed by atoms with E-state index in [2.05, 4.69) is 26.5 Å². The first kappa shape index (κ1) is 17.8. The lowest BCUT2D eigenvalue weighted by molar-refractivity contribution is 0.950. The van der Waals surface area contributed by atoms with Gasteiger partial charge >= 0.3 is 0 Å². The van der Waals surface area contributed by atoms with Crippen LogP contribution in [-0.4, -0.2) is 20.0 Å². The summed E-state index contributed by atoms with van der Waals surface area (Å²) in [5.74, 6) is 1.09. The summed E-state index contributed by atoms with van der Waals surface area (Å²) in [5, 5.41) is 0.721. The Morgan fingerprint density at radius 2 is 1.90 bits per heavy atom. The summed E-state index contributed by atoms with van der Waals surface area (Å²) in [6.45, 7) is 0. The summed E-state index contributed by atoms with van der Waals surface area (Å²) in [6, 6.07) is 17.9. The Kier molecular flexibility index (Phi) is 4.49. The lowest BCUT2D eigenvalue weighted by Crippen LogP contribution is -2.16. The molecule has 0 amide bonds. The lowest BCUT2D eigenvalue weighted by Gasteiger charge is -2.07. The first-order valence-electron chi connectivity index (χ1n) is 8.90. The maximum atomic E-state index is 12.6. The van der Waals surface area contributed by atoms with Gasteiger partial charge in [0.25, 0.3) is 5.56 Å². The molecule has 29 heavy (non-hydrogen) atoms. The predicted octanol–water partition coefficient (Wildman–Crippen LogP) is 4.28. The van der Waals surface area contributed by atoms with Gasteiger partial charge in [0, 0.05) is 34.6 Å². The second-order valence-corrected chi connectivity index (χ2v) is 8.12. The van der Waals surface area contributed by atoms with Crippen LogP contribution in [0.25, 0.3) is 16.6 Å². The molecule has 0 aliphatic carbocycles. The molecule has 0 spiro atoms. The van der Waals surface area contributed by atoms with E-state index in [0.717, 1.165) is 27.7 Å². The molecule has 0 bridgehead atoms. The number of rotatable bonds is 4. The summed E-state index contributed by atoms with van der Waals surface area (Å²) >= 11 is 2.73. The maximum Gasteiger partial charge on any atom is 0.283 e. The fourth-order valence-electron chi connectivity index (χ4n) is 3.16. The molecule has 2 N–H and O–H groups in total. The Balaban J connectivity index is 1.56. The third kappa shape index (κ3) is 3.26. The minimum absolute atomic E-state index is 0.342. The molecule has 0 radical (unpaired) electrons. The number of fused-ring (bicyclic) bond motifs is 2. The monoisotopic (exact) mass is 417 g/mol. The van der Waals surface area contributed by atoms with E-state index in [9.17, 15) is 4.79 Å². The zero-order chi connectivity index (χ0) is 19.8. The smallest absolute Gasteiger partial charge is 0.283 e. The Hall–Kier alpha value is -3.23. The van der Waals surface area contributed by atoms with Gasteiger partial charge in [-0.3, -0.25) is 9.79 Å². The Bertz CT molecular complexity index is 1340. The fourth-order valence-corrected chi connectivity index (χ4v) is 4.97. The van der Waals surface area contributed by atoms with Gasteiger partial charge in [0.2, 0.25) is 4.96 Å². The number of anilines is 1. The molecule has 2 aromatic heterocycles. The van der Waals surface area contributed by atoms with Gasteiger partial charge in [-0.05, 0) is 17.7 Å². The van der Waals surface area contributed by atoms with Gasteiger partial charge < -0.3 is 5.73 Å². The molecule has 0 unspecified atom stereocenters. The molecule has 1 aliphatic heterocycles. The largest absolute Gasteiger partial charge is 0.384 e. The van der Waals surface area contributed by atoms with Crippen LogP contribution in [0.5, 0.6) is 0 Å². The number of thioether (sulfide) groups is 1. The molecule has 0 saturated heterocycles. The van der Waals surface area contributed by atoms with Gasteiger partial charge in [0.1, 0.15) is 5.82 Å². The molecular formula is C21H15N5OS2. The Morgan fingerprint density at radius 3 is 2.76 bits per heavy atom. The van der Waals surface area contributed by atoms with Crippen molar-refractivity contribution in [1.82, 2.24) is 13.8 Å². The van der Waals surface area contributed by atoms with Gasteiger partial charge in [0.15, 0.2) is 5.16 Å². The van der Waals surface area contributed by atoms with Crippen molar-refractivity contribution in [3.63, 3.8) is 0 Å². The summed E-state index contributed by atoms with van der Waals surface area (Å²) < 4.78 is 6.21. The molecule has 1 aliphatic rings. The Morgan fingerprint density at radius 1 is 1.10 bits per heavy atom. The predicted molar refractivity (Wildman–Crippen MR) is 120 cm³/mol. The van der Waals surface area contributed by atoms with E-state index in [1.165, 1.54) is 17.1 Å². The number of aliphatic imine (C=N–C) groups is 1. The average molecular weight is 418 g/mol. The van der Waals surface area contributed by atoms with E-state index in [1.54, 1.807) is 28.5 Å². The highest BCUT2D eigenvalue weighted by atomic mass is 32.2. The van der Waals surface area contributed by atoms with Crippen LogP contribution in [0.4, 0.5) is 11.5 Å². The van der Waals surface area contributed by atoms with Crippen LogP contribution in [0.2, 0.25) is 0 Å². The van der Waals surface area contributed by atoms with Crippen molar-refractivity contribution >= 4 is 57.6 Å². The van der Waals surface area contributed by atoms with Crippen molar-refractivity contribution in [3.05, 3.63) is 81.6 Å². The minimum Gasteiger partial charge on any atom is -0.384 e. The normalized spacial score (nSPS) is 14.0. The SMILES string of the molecule is Nc1c(/C=C2\C=Nc3ccccc32)c(=O)nc2snc(SCc3ccccc3)n12. The first-order chi connectivity index (χ1) is 14.2. The van der Waals surface area contributed by atoms with Gasteiger partial charge in [-0.2, -0.15) is 9.36 Å².